The van der Waals surface area contributed by atoms with Gasteiger partial charge in [-0.05, 0) is 0 Å². The molecule has 1 aromatic heterocycles. The second kappa shape index (κ2) is 10.5. The van der Waals surface area contributed by atoms with Crippen LogP contribution >= 0.6 is 35.3 Å². The van der Waals surface area contributed by atoms with Crippen molar-refractivity contribution in [3.8, 4) is 0 Å². The van der Waals surface area contributed by atoms with Crippen LogP contribution in [0.4, 0.5) is 13.2 Å². The first-order valence-corrected chi connectivity index (χ1v) is 7.47. The molecule has 1 rings (SSSR count). The van der Waals surface area contributed by atoms with Gasteiger partial charge in [0.1, 0.15) is 11.6 Å². The molecule has 1 amide bonds. The molecular formula is C13H19F3IN5OS. The van der Waals surface area contributed by atoms with E-state index in [9.17, 15) is 18.0 Å². The van der Waals surface area contributed by atoms with Gasteiger partial charge in [-0.15, -0.1) is 41.9 Å². The Morgan fingerprint density at radius 2 is 2.12 bits per heavy atom. The maximum Gasteiger partial charge on any atom is 0.434 e. The summed E-state index contributed by atoms with van der Waals surface area (Å²) in [4.78, 5) is 20.5. The van der Waals surface area contributed by atoms with E-state index in [4.69, 9.17) is 0 Å². The van der Waals surface area contributed by atoms with Crippen molar-refractivity contribution in [1.29, 1.82) is 0 Å². The van der Waals surface area contributed by atoms with Gasteiger partial charge in [-0.1, -0.05) is 6.08 Å². The average molecular weight is 477 g/mol. The van der Waals surface area contributed by atoms with Crippen LogP contribution in [0.2, 0.25) is 0 Å². The number of aromatic nitrogens is 1. The third-order valence-corrected chi connectivity index (χ3v) is 3.38. The Morgan fingerprint density at radius 3 is 2.62 bits per heavy atom. The summed E-state index contributed by atoms with van der Waals surface area (Å²) in [6.07, 6.45) is -2.86. The van der Waals surface area contributed by atoms with Crippen LogP contribution < -0.4 is 10.6 Å². The highest BCUT2D eigenvalue weighted by Gasteiger charge is 2.33. The minimum Gasteiger partial charge on any atom is -0.353 e. The number of guanidine groups is 1. The molecular weight excluding hydrogens is 458 g/mol. The van der Waals surface area contributed by atoms with Crippen LogP contribution in [0.25, 0.3) is 0 Å². The third kappa shape index (κ3) is 7.95. The van der Waals surface area contributed by atoms with Gasteiger partial charge in [-0.3, -0.25) is 4.79 Å². The Bertz CT molecular complexity index is 574. The molecule has 6 nitrogen and oxygen atoms in total. The molecule has 1 aromatic rings. The van der Waals surface area contributed by atoms with E-state index in [-0.39, 0.29) is 48.0 Å². The van der Waals surface area contributed by atoms with E-state index < -0.39 is 11.9 Å². The molecule has 0 aliphatic rings. The Kier molecular flexibility index (Phi) is 9.89. The normalized spacial score (nSPS) is 11.5. The molecule has 0 aliphatic heterocycles. The van der Waals surface area contributed by atoms with Crippen molar-refractivity contribution in [1.82, 2.24) is 20.5 Å². The number of nitrogens with zero attached hydrogens (tertiary/aromatic N) is 3. The molecule has 2 N–H and O–H groups in total. The SMILES string of the molecule is C=CCNC(=NCC(=O)N(C)C)NCc1nc(C(F)(F)F)cs1.I. The number of nitrogens with one attached hydrogen (secondary N) is 2. The molecule has 11 heteroatoms. The fourth-order valence-corrected chi connectivity index (χ4v) is 2.05. The lowest BCUT2D eigenvalue weighted by molar-refractivity contribution is -0.140. The molecule has 0 saturated carbocycles. The Labute approximate surface area is 159 Å². The van der Waals surface area contributed by atoms with Crippen LogP contribution in [0.15, 0.2) is 23.0 Å². The Balaban J connectivity index is 0.00000529. The van der Waals surface area contributed by atoms with Gasteiger partial charge in [-0.2, -0.15) is 13.2 Å². The first kappa shape index (κ1) is 22.6. The summed E-state index contributed by atoms with van der Waals surface area (Å²) in [5, 5.41) is 6.93. The first-order valence-electron chi connectivity index (χ1n) is 6.59. The summed E-state index contributed by atoms with van der Waals surface area (Å²) >= 11 is 0.900. The highest BCUT2D eigenvalue weighted by atomic mass is 127. The van der Waals surface area contributed by atoms with Crippen molar-refractivity contribution < 1.29 is 18.0 Å². The maximum absolute atomic E-state index is 12.5. The van der Waals surface area contributed by atoms with E-state index in [1.165, 1.54) is 4.90 Å². The number of hydrogen-bond donors (Lipinski definition) is 2. The minimum atomic E-state index is -4.45. The Hall–Kier alpha value is -1.37. The van der Waals surface area contributed by atoms with Crippen LogP contribution in [0.3, 0.4) is 0 Å². The van der Waals surface area contributed by atoms with Gasteiger partial charge in [0.2, 0.25) is 5.91 Å². The monoisotopic (exact) mass is 477 g/mol. The number of halogens is 4. The molecule has 0 radical (unpaired) electrons. The molecule has 0 bridgehead atoms. The maximum atomic E-state index is 12.5. The number of carbonyl (C=O) groups is 1. The lowest BCUT2D eigenvalue weighted by Crippen LogP contribution is -2.38. The predicted octanol–water partition coefficient (Wildman–Crippen LogP) is 2.09. The highest BCUT2D eigenvalue weighted by molar-refractivity contribution is 14.0. The first-order chi connectivity index (χ1) is 10.7. The molecule has 136 valence electrons. The molecule has 24 heavy (non-hydrogen) atoms. The quantitative estimate of drug-likeness (QED) is 0.285. The van der Waals surface area contributed by atoms with E-state index in [1.807, 2.05) is 0 Å². The topological polar surface area (TPSA) is 69.6 Å². The Morgan fingerprint density at radius 1 is 1.46 bits per heavy atom. The van der Waals surface area contributed by atoms with Crippen molar-refractivity contribution in [2.45, 2.75) is 12.7 Å². The number of carbonyl (C=O) groups excluding carboxylic acids is 1. The van der Waals surface area contributed by atoms with Crippen LogP contribution in [0, 0.1) is 0 Å². The van der Waals surface area contributed by atoms with Crippen molar-refractivity contribution in [3.05, 3.63) is 28.7 Å². The second-order valence-electron chi connectivity index (χ2n) is 4.60. The van der Waals surface area contributed by atoms with E-state index in [2.05, 4.69) is 27.2 Å². The molecule has 1 heterocycles. The lowest BCUT2D eigenvalue weighted by atomic mass is 10.5. The number of aliphatic imine (C=N–C) groups is 1. The van der Waals surface area contributed by atoms with E-state index in [1.54, 1.807) is 20.2 Å². The minimum absolute atomic E-state index is 0. The molecule has 0 fully saturated rings. The van der Waals surface area contributed by atoms with Gasteiger partial charge in [0.05, 0.1) is 6.54 Å². The van der Waals surface area contributed by atoms with Gasteiger partial charge in [0.15, 0.2) is 11.7 Å². The molecule has 0 unspecified atom stereocenters. The summed E-state index contributed by atoms with van der Waals surface area (Å²) < 4.78 is 37.5. The summed E-state index contributed by atoms with van der Waals surface area (Å²) in [6.45, 7) is 3.94. The summed E-state index contributed by atoms with van der Waals surface area (Å²) in [6, 6.07) is 0. The number of rotatable bonds is 6. The highest BCUT2D eigenvalue weighted by Crippen LogP contribution is 2.29. The van der Waals surface area contributed by atoms with Gasteiger partial charge in [0.25, 0.3) is 0 Å². The van der Waals surface area contributed by atoms with Crippen LogP contribution in [0.1, 0.15) is 10.7 Å². The number of thiazole rings is 1. The van der Waals surface area contributed by atoms with Crippen molar-refractivity contribution in [3.63, 3.8) is 0 Å². The van der Waals surface area contributed by atoms with E-state index >= 15 is 0 Å². The van der Waals surface area contributed by atoms with Gasteiger partial charge < -0.3 is 15.5 Å². The molecule has 0 saturated heterocycles. The third-order valence-electron chi connectivity index (χ3n) is 2.53. The van der Waals surface area contributed by atoms with Crippen molar-refractivity contribution in [2.75, 3.05) is 27.2 Å². The zero-order chi connectivity index (χ0) is 17.5. The molecule has 0 aromatic carbocycles. The van der Waals surface area contributed by atoms with Crippen LogP contribution in [-0.2, 0) is 17.5 Å². The van der Waals surface area contributed by atoms with Gasteiger partial charge >= 0.3 is 6.18 Å². The zero-order valence-electron chi connectivity index (χ0n) is 13.2. The van der Waals surface area contributed by atoms with Crippen molar-refractivity contribution in [2.24, 2.45) is 4.99 Å². The van der Waals surface area contributed by atoms with E-state index in [0.29, 0.717) is 12.5 Å². The number of alkyl halides is 3. The number of amides is 1. The van der Waals surface area contributed by atoms with Gasteiger partial charge in [-0.25, -0.2) is 9.98 Å². The van der Waals surface area contributed by atoms with E-state index in [0.717, 1.165) is 16.7 Å². The van der Waals surface area contributed by atoms with Gasteiger partial charge in [0, 0.05) is 26.0 Å². The molecule has 0 spiro atoms. The van der Waals surface area contributed by atoms with Crippen LogP contribution in [-0.4, -0.2) is 48.9 Å². The summed E-state index contributed by atoms with van der Waals surface area (Å²) in [5.74, 6) is 0.0992. The zero-order valence-corrected chi connectivity index (χ0v) is 16.3. The molecule has 0 atom stereocenters. The fraction of sp³-hybridized carbons (Fsp3) is 0.462. The average Bonchev–Trinajstić information content (AvgIpc) is 2.95. The predicted molar refractivity (Wildman–Crippen MR) is 98.6 cm³/mol. The number of likely N-dealkylation sites (N-methyl/N-ethyl adjacent to an activating group) is 1. The summed E-state index contributed by atoms with van der Waals surface area (Å²) in [5.41, 5.74) is -0.917. The van der Waals surface area contributed by atoms with Crippen LogP contribution in [0.5, 0.6) is 0 Å². The standard InChI is InChI=1S/C13H18F3N5OS.HI/c1-4-5-17-12(19-7-11(22)21(2)3)18-6-10-20-9(8-23-10)13(14,15)16;/h4,8H,1,5-7H2,2-3H3,(H2,17,18,19);1H. The molecule has 0 aliphatic carbocycles. The largest absolute Gasteiger partial charge is 0.434 e. The lowest BCUT2D eigenvalue weighted by Gasteiger charge is -2.12. The smallest absolute Gasteiger partial charge is 0.353 e. The van der Waals surface area contributed by atoms with Crippen molar-refractivity contribution >= 4 is 47.2 Å². The fourth-order valence-electron chi connectivity index (χ4n) is 1.31. The number of hydrogen-bond acceptors (Lipinski definition) is 4. The summed E-state index contributed by atoms with van der Waals surface area (Å²) in [7, 11) is 3.21. The second-order valence-corrected chi connectivity index (χ2v) is 5.54.